The number of alkyl halides is 1. The summed E-state index contributed by atoms with van der Waals surface area (Å²) in [5, 5.41) is 8.92. The standard InChI is InChI=1S/C11H9Br2NO/c1-7(15)11(13)5-8-2-3-10(12)4-9(8)6-14/h2-4,11H,5H2,1H3. The number of hydrogen-bond donors (Lipinski definition) is 0. The number of carbonyl (C=O) groups is 1. The minimum atomic E-state index is -0.217. The van der Waals surface area contributed by atoms with Crippen LogP contribution in [0.4, 0.5) is 0 Å². The molecule has 78 valence electrons. The van der Waals surface area contributed by atoms with Crippen molar-refractivity contribution in [3.05, 3.63) is 33.8 Å². The van der Waals surface area contributed by atoms with Gasteiger partial charge in [0.1, 0.15) is 5.78 Å². The highest BCUT2D eigenvalue weighted by molar-refractivity contribution is 9.10. The number of nitrogens with zero attached hydrogens (tertiary/aromatic N) is 1. The van der Waals surface area contributed by atoms with Gasteiger partial charge >= 0.3 is 0 Å². The van der Waals surface area contributed by atoms with Gasteiger partial charge in [0.2, 0.25) is 0 Å². The first-order valence-corrected chi connectivity index (χ1v) is 6.08. The predicted octanol–water partition coefficient (Wildman–Crippen LogP) is 3.22. The van der Waals surface area contributed by atoms with E-state index in [0.29, 0.717) is 12.0 Å². The fraction of sp³-hybridized carbons (Fsp3) is 0.273. The van der Waals surface area contributed by atoms with Gasteiger partial charge in [-0.1, -0.05) is 37.9 Å². The smallest absolute Gasteiger partial charge is 0.143 e. The maximum atomic E-state index is 11.1. The molecule has 0 amide bonds. The van der Waals surface area contributed by atoms with Gasteiger partial charge in [-0.15, -0.1) is 0 Å². The third-order valence-corrected chi connectivity index (χ3v) is 3.49. The Kier molecular flexibility index (Phi) is 4.49. The maximum Gasteiger partial charge on any atom is 0.143 e. The van der Waals surface area contributed by atoms with Crippen molar-refractivity contribution in [2.45, 2.75) is 18.2 Å². The van der Waals surface area contributed by atoms with Crippen molar-refractivity contribution in [3.63, 3.8) is 0 Å². The zero-order valence-corrected chi connectivity index (χ0v) is 11.3. The number of ketones is 1. The molecule has 2 nitrogen and oxygen atoms in total. The van der Waals surface area contributed by atoms with Crippen LogP contribution in [-0.2, 0) is 11.2 Å². The molecule has 1 atom stereocenters. The van der Waals surface area contributed by atoms with E-state index in [1.807, 2.05) is 12.1 Å². The summed E-state index contributed by atoms with van der Waals surface area (Å²) in [6.07, 6.45) is 0.547. The molecule has 1 aromatic rings. The third-order valence-electron chi connectivity index (χ3n) is 2.03. The molecule has 0 radical (unpaired) electrons. The van der Waals surface area contributed by atoms with Crippen molar-refractivity contribution in [1.82, 2.24) is 0 Å². The van der Waals surface area contributed by atoms with Crippen LogP contribution < -0.4 is 0 Å². The van der Waals surface area contributed by atoms with Gasteiger partial charge in [0, 0.05) is 4.47 Å². The normalized spacial score (nSPS) is 11.9. The lowest BCUT2D eigenvalue weighted by Crippen LogP contribution is -2.13. The Balaban J connectivity index is 2.96. The van der Waals surface area contributed by atoms with Crippen molar-refractivity contribution in [2.24, 2.45) is 0 Å². The summed E-state index contributed by atoms with van der Waals surface area (Å²) in [6, 6.07) is 7.61. The number of benzene rings is 1. The van der Waals surface area contributed by atoms with Crippen molar-refractivity contribution < 1.29 is 4.79 Å². The molecule has 0 saturated heterocycles. The van der Waals surface area contributed by atoms with Crippen LogP contribution in [0.25, 0.3) is 0 Å². The summed E-state index contributed by atoms with van der Waals surface area (Å²) >= 11 is 6.59. The Morgan fingerprint density at radius 2 is 2.27 bits per heavy atom. The summed E-state index contributed by atoms with van der Waals surface area (Å²) in [6.45, 7) is 1.53. The number of carbonyl (C=O) groups excluding carboxylic acids is 1. The molecule has 0 bridgehead atoms. The average molecular weight is 331 g/mol. The monoisotopic (exact) mass is 329 g/mol. The van der Waals surface area contributed by atoms with Gasteiger partial charge in [-0.25, -0.2) is 0 Å². The van der Waals surface area contributed by atoms with Gasteiger partial charge < -0.3 is 0 Å². The molecule has 15 heavy (non-hydrogen) atoms. The minimum absolute atomic E-state index is 0.0711. The van der Waals surface area contributed by atoms with Crippen LogP contribution in [0.15, 0.2) is 22.7 Å². The van der Waals surface area contributed by atoms with Crippen LogP contribution >= 0.6 is 31.9 Å². The van der Waals surface area contributed by atoms with E-state index in [0.717, 1.165) is 10.0 Å². The molecular formula is C11H9Br2NO. The summed E-state index contributed by atoms with van der Waals surface area (Å²) in [4.78, 5) is 10.9. The second-order valence-corrected chi connectivity index (χ2v) is 5.22. The van der Waals surface area contributed by atoms with E-state index < -0.39 is 0 Å². The molecule has 1 unspecified atom stereocenters. The first-order valence-electron chi connectivity index (χ1n) is 4.37. The number of Topliss-reactive ketones (excluding diaryl/α,β-unsaturated/α-hetero) is 1. The zero-order chi connectivity index (χ0) is 11.4. The molecule has 0 N–H and O–H groups in total. The van der Waals surface area contributed by atoms with Gasteiger partial charge in [-0.05, 0) is 31.0 Å². The van der Waals surface area contributed by atoms with Crippen molar-refractivity contribution in [2.75, 3.05) is 0 Å². The molecule has 0 aromatic heterocycles. The summed E-state index contributed by atoms with van der Waals surface area (Å²) in [7, 11) is 0. The van der Waals surface area contributed by atoms with Gasteiger partial charge in [-0.2, -0.15) is 5.26 Å². The first kappa shape index (κ1) is 12.4. The molecule has 4 heteroatoms. The Morgan fingerprint density at radius 3 is 2.80 bits per heavy atom. The van der Waals surface area contributed by atoms with E-state index in [2.05, 4.69) is 37.9 Å². The highest BCUT2D eigenvalue weighted by atomic mass is 79.9. The molecule has 0 spiro atoms. The lowest BCUT2D eigenvalue weighted by atomic mass is 10.0. The van der Waals surface area contributed by atoms with E-state index in [4.69, 9.17) is 5.26 Å². The SMILES string of the molecule is CC(=O)C(Br)Cc1ccc(Br)cc1C#N. The molecule has 1 aromatic carbocycles. The molecular weight excluding hydrogens is 322 g/mol. The Labute approximate surface area is 106 Å². The maximum absolute atomic E-state index is 11.1. The van der Waals surface area contributed by atoms with Crippen LogP contribution in [0.1, 0.15) is 18.1 Å². The molecule has 0 aliphatic rings. The average Bonchev–Trinajstić information content (AvgIpc) is 2.20. The fourth-order valence-electron chi connectivity index (χ4n) is 1.17. The van der Waals surface area contributed by atoms with Crippen LogP contribution in [0, 0.1) is 11.3 Å². The second kappa shape index (κ2) is 5.43. The van der Waals surface area contributed by atoms with Crippen LogP contribution in [0.5, 0.6) is 0 Å². The first-order chi connectivity index (χ1) is 7.04. The summed E-state index contributed by atoms with van der Waals surface area (Å²) in [5.41, 5.74) is 1.49. The lowest BCUT2D eigenvalue weighted by molar-refractivity contribution is -0.116. The molecule has 0 aliphatic carbocycles. The highest BCUT2D eigenvalue weighted by Gasteiger charge is 2.13. The number of nitriles is 1. The fourth-order valence-corrected chi connectivity index (χ4v) is 1.88. The van der Waals surface area contributed by atoms with Crippen molar-refractivity contribution >= 4 is 37.6 Å². The molecule has 0 saturated carbocycles. The zero-order valence-electron chi connectivity index (χ0n) is 8.13. The van der Waals surface area contributed by atoms with Gasteiger partial charge in [0.05, 0.1) is 16.5 Å². The van der Waals surface area contributed by atoms with E-state index in [9.17, 15) is 4.79 Å². The second-order valence-electron chi connectivity index (χ2n) is 3.20. The van der Waals surface area contributed by atoms with Crippen LogP contribution in [-0.4, -0.2) is 10.6 Å². The Bertz CT molecular complexity index is 423. The molecule has 0 fully saturated rings. The molecule has 0 aliphatic heterocycles. The lowest BCUT2D eigenvalue weighted by Gasteiger charge is -2.07. The van der Waals surface area contributed by atoms with Gasteiger partial charge in [0.15, 0.2) is 0 Å². The predicted molar refractivity (Wildman–Crippen MR) is 66.0 cm³/mol. The van der Waals surface area contributed by atoms with E-state index in [1.165, 1.54) is 6.92 Å². The van der Waals surface area contributed by atoms with E-state index >= 15 is 0 Å². The molecule has 1 rings (SSSR count). The minimum Gasteiger partial charge on any atom is -0.299 e. The Morgan fingerprint density at radius 1 is 1.60 bits per heavy atom. The van der Waals surface area contributed by atoms with Crippen LogP contribution in [0.3, 0.4) is 0 Å². The Hall–Kier alpha value is -0.660. The van der Waals surface area contributed by atoms with Crippen molar-refractivity contribution in [1.29, 1.82) is 5.26 Å². The number of rotatable bonds is 3. The number of hydrogen-bond acceptors (Lipinski definition) is 2. The van der Waals surface area contributed by atoms with E-state index in [-0.39, 0.29) is 10.6 Å². The number of halogens is 2. The van der Waals surface area contributed by atoms with Gasteiger partial charge in [-0.3, -0.25) is 4.79 Å². The van der Waals surface area contributed by atoms with Crippen molar-refractivity contribution in [3.8, 4) is 6.07 Å². The largest absolute Gasteiger partial charge is 0.299 e. The summed E-state index contributed by atoms with van der Waals surface area (Å²) in [5.74, 6) is 0.0711. The van der Waals surface area contributed by atoms with Crippen LogP contribution in [0.2, 0.25) is 0 Å². The topological polar surface area (TPSA) is 40.9 Å². The third kappa shape index (κ3) is 3.44. The molecule has 0 heterocycles. The van der Waals surface area contributed by atoms with E-state index in [1.54, 1.807) is 6.07 Å². The summed E-state index contributed by atoms with van der Waals surface area (Å²) < 4.78 is 0.872. The van der Waals surface area contributed by atoms with Gasteiger partial charge in [0.25, 0.3) is 0 Å². The highest BCUT2D eigenvalue weighted by Crippen LogP contribution is 2.19. The quantitative estimate of drug-likeness (QED) is 0.798.